The zero-order valence-corrected chi connectivity index (χ0v) is 13.3. The van der Waals surface area contributed by atoms with Gasteiger partial charge in [-0.1, -0.05) is 18.2 Å². The van der Waals surface area contributed by atoms with Crippen molar-refractivity contribution in [2.75, 3.05) is 13.7 Å². The predicted octanol–water partition coefficient (Wildman–Crippen LogP) is 2.48. The molecule has 1 heterocycles. The summed E-state index contributed by atoms with van der Waals surface area (Å²) >= 11 is 0. The molecule has 0 aliphatic heterocycles. The lowest BCUT2D eigenvalue weighted by Gasteiger charge is -2.12. The van der Waals surface area contributed by atoms with Gasteiger partial charge in [0.25, 0.3) is 0 Å². The van der Waals surface area contributed by atoms with E-state index in [1.54, 1.807) is 19.4 Å². The Morgan fingerprint density at radius 3 is 2.87 bits per heavy atom. The molecule has 0 radical (unpaired) electrons. The molecule has 0 fully saturated rings. The van der Waals surface area contributed by atoms with E-state index in [1.165, 1.54) is 12.1 Å². The quantitative estimate of drug-likeness (QED) is 0.635. The highest BCUT2D eigenvalue weighted by Crippen LogP contribution is 2.12. The SMILES string of the molecule is CCNC(=NCc1cccc(F)c1)NCc1cccnc1OC. The number of halogens is 1. The Bertz CT molecular complexity index is 661. The first-order valence-corrected chi connectivity index (χ1v) is 7.47. The summed E-state index contributed by atoms with van der Waals surface area (Å²) in [5.41, 5.74) is 1.76. The van der Waals surface area contributed by atoms with E-state index in [1.807, 2.05) is 25.1 Å². The summed E-state index contributed by atoms with van der Waals surface area (Å²) < 4.78 is 18.4. The molecular formula is C17H21FN4O. The zero-order chi connectivity index (χ0) is 16.5. The second kappa shape index (κ2) is 8.73. The Morgan fingerprint density at radius 1 is 1.26 bits per heavy atom. The number of guanidine groups is 1. The van der Waals surface area contributed by atoms with Crippen molar-refractivity contribution in [3.8, 4) is 5.88 Å². The Balaban J connectivity index is 2.01. The van der Waals surface area contributed by atoms with E-state index in [4.69, 9.17) is 4.74 Å². The Morgan fingerprint density at radius 2 is 2.13 bits per heavy atom. The van der Waals surface area contributed by atoms with E-state index >= 15 is 0 Å². The van der Waals surface area contributed by atoms with Crippen LogP contribution < -0.4 is 15.4 Å². The van der Waals surface area contributed by atoms with Gasteiger partial charge in [0.05, 0.1) is 13.7 Å². The fourth-order valence-electron chi connectivity index (χ4n) is 2.07. The molecule has 0 amide bonds. The van der Waals surface area contributed by atoms with Gasteiger partial charge in [0.1, 0.15) is 5.82 Å². The highest BCUT2D eigenvalue weighted by atomic mass is 19.1. The van der Waals surface area contributed by atoms with E-state index < -0.39 is 0 Å². The van der Waals surface area contributed by atoms with Crippen LogP contribution in [0.4, 0.5) is 4.39 Å². The van der Waals surface area contributed by atoms with Crippen LogP contribution in [0.2, 0.25) is 0 Å². The van der Waals surface area contributed by atoms with Gasteiger partial charge in [0.15, 0.2) is 5.96 Å². The number of rotatable bonds is 6. The summed E-state index contributed by atoms with van der Waals surface area (Å²) in [6.07, 6.45) is 1.69. The third kappa shape index (κ3) is 5.25. The van der Waals surface area contributed by atoms with Crippen molar-refractivity contribution < 1.29 is 9.13 Å². The number of aliphatic imine (C=N–C) groups is 1. The van der Waals surface area contributed by atoms with Crippen molar-refractivity contribution in [3.05, 3.63) is 59.5 Å². The number of pyridine rings is 1. The third-order valence-electron chi connectivity index (χ3n) is 3.14. The summed E-state index contributed by atoms with van der Waals surface area (Å²) in [4.78, 5) is 8.62. The van der Waals surface area contributed by atoms with Gasteiger partial charge in [0, 0.05) is 24.8 Å². The summed E-state index contributed by atoms with van der Waals surface area (Å²) in [7, 11) is 1.59. The first kappa shape index (κ1) is 16.7. The summed E-state index contributed by atoms with van der Waals surface area (Å²) in [6.45, 7) is 3.66. The standard InChI is InChI=1S/C17H21FN4O/c1-3-19-17(21-11-13-6-4-8-15(18)10-13)22-12-14-7-5-9-20-16(14)23-2/h4-10H,3,11-12H2,1-2H3,(H2,19,21,22). The highest BCUT2D eigenvalue weighted by molar-refractivity contribution is 5.79. The normalized spacial score (nSPS) is 11.2. The van der Waals surface area contributed by atoms with Gasteiger partial charge in [-0.25, -0.2) is 14.4 Å². The molecule has 0 spiro atoms. The van der Waals surface area contributed by atoms with Crippen LogP contribution in [-0.4, -0.2) is 24.6 Å². The molecule has 0 saturated carbocycles. The maximum absolute atomic E-state index is 13.2. The monoisotopic (exact) mass is 316 g/mol. The molecule has 6 heteroatoms. The molecule has 0 aliphatic rings. The first-order valence-electron chi connectivity index (χ1n) is 7.47. The number of nitrogens with zero attached hydrogens (tertiary/aromatic N) is 2. The lowest BCUT2D eigenvalue weighted by atomic mass is 10.2. The maximum atomic E-state index is 13.2. The third-order valence-corrected chi connectivity index (χ3v) is 3.14. The second-order valence-electron chi connectivity index (χ2n) is 4.85. The smallest absolute Gasteiger partial charge is 0.218 e. The van der Waals surface area contributed by atoms with Crippen LogP contribution in [0.15, 0.2) is 47.6 Å². The van der Waals surface area contributed by atoms with E-state index in [9.17, 15) is 4.39 Å². The van der Waals surface area contributed by atoms with Crippen molar-refractivity contribution in [3.63, 3.8) is 0 Å². The molecule has 2 aromatic rings. The number of hydrogen-bond acceptors (Lipinski definition) is 3. The number of hydrogen-bond donors (Lipinski definition) is 2. The van der Waals surface area contributed by atoms with Crippen molar-refractivity contribution in [2.45, 2.75) is 20.0 Å². The van der Waals surface area contributed by atoms with Crippen molar-refractivity contribution in [2.24, 2.45) is 4.99 Å². The molecule has 1 aromatic carbocycles. The number of benzene rings is 1. The van der Waals surface area contributed by atoms with Gasteiger partial charge in [-0.15, -0.1) is 0 Å². The van der Waals surface area contributed by atoms with Gasteiger partial charge in [-0.05, 0) is 30.7 Å². The molecule has 2 rings (SSSR count). The lowest BCUT2D eigenvalue weighted by molar-refractivity contribution is 0.392. The Hall–Kier alpha value is -2.63. The average Bonchev–Trinajstić information content (AvgIpc) is 2.57. The number of ether oxygens (including phenoxy) is 1. The van der Waals surface area contributed by atoms with Crippen LogP contribution >= 0.6 is 0 Å². The van der Waals surface area contributed by atoms with Gasteiger partial charge in [-0.3, -0.25) is 0 Å². The molecule has 23 heavy (non-hydrogen) atoms. The molecule has 122 valence electrons. The maximum Gasteiger partial charge on any atom is 0.218 e. The van der Waals surface area contributed by atoms with Crippen LogP contribution in [0, 0.1) is 5.82 Å². The fourth-order valence-corrected chi connectivity index (χ4v) is 2.07. The summed E-state index contributed by atoms with van der Waals surface area (Å²) in [5, 5.41) is 6.38. The zero-order valence-electron chi connectivity index (χ0n) is 13.3. The van der Waals surface area contributed by atoms with Gasteiger partial charge >= 0.3 is 0 Å². The molecule has 5 nitrogen and oxygen atoms in total. The van der Waals surface area contributed by atoms with Crippen LogP contribution in [0.25, 0.3) is 0 Å². The van der Waals surface area contributed by atoms with Crippen LogP contribution in [0.1, 0.15) is 18.1 Å². The molecule has 0 bridgehead atoms. The Kier molecular flexibility index (Phi) is 6.35. The van der Waals surface area contributed by atoms with Crippen molar-refractivity contribution >= 4 is 5.96 Å². The number of aromatic nitrogens is 1. The van der Waals surface area contributed by atoms with E-state index in [0.717, 1.165) is 17.7 Å². The van der Waals surface area contributed by atoms with Gasteiger partial charge in [-0.2, -0.15) is 0 Å². The molecule has 0 aliphatic carbocycles. The van der Waals surface area contributed by atoms with E-state index in [2.05, 4.69) is 20.6 Å². The van der Waals surface area contributed by atoms with Crippen LogP contribution in [0.5, 0.6) is 5.88 Å². The molecule has 2 N–H and O–H groups in total. The van der Waals surface area contributed by atoms with Crippen LogP contribution in [0.3, 0.4) is 0 Å². The highest BCUT2D eigenvalue weighted by Gasteiger charge is 2.04. The molecule has 1 aromatic heterocycles. The van der Waals surface area contributed by atoms with Gasteiger partial charge in [0.2, 0.25) is 5.88 Å². The summed E-state index contributed by atoms with van der Waals surface area (Å²) in [6, 6.07) is 10.2. The van der Waals surface area contributed by atoms with Gasteiger partial charge < -0.3 is 15.4 Å². The van der Waals surface area contributed by atoms with Crippen molar-refractivity contribution in [1.29, 1.82) is 0 Å². The molecular weight excluding hydrogens is 295 g/mol. The average molecular weight is 316 g/mol. The number of methoxy groups -OCH3 is 1. The predicted molar refractivity (Wildman–Crippen MR) is 88.8 cm³/mol. The largest absolute Gasteiger partial charge is 0.481 e. The van der Waals surface area contributed by atoms with Crippen molar-refractivity contribution in [1.82, 2.24) is 15.6 Å². The molecule has 0 saturated heterocycles. The molecule has 0 atom stereocenters. The van der Waals surface area contributed by atoms with Crippen LogP contribution in [-0.2, 0) is 13.1 Å². The van der Waals surface area contributed by atoms with E-state index in [-0.39, 0.29) is 5.82 Å². The topological polar surface area (TPSA) is 58.5 Å². The first-order chi connectivity index (χ1) is 11.2. The minimum absolute atomic E-state index is 0.254. The number of nitrogens with one attached hydrogen (secondary N) is 2. The minimum atomic E-state index is -0.254. The minimum Gasteiger partial charge on any atom is -0.481 e. The second-order valence-corrected chi connectivity index (χ2v) is 4.85. The lowest BCUT2D eigenvalue weighted by Crippen LogP contribution is -2.36. The summed E-state index contributed by atoms with van der Waals surface area (Å²) in [5.74, 6) is 0.986. The van der Waals surface area contributed by atoms with E-state index in [0.29, 0.717) is 24.9 Å². The fraction of sp³-hybridized carbons (Fsp3) is 0.294. The molecule has 0 unspecified atom stereocenters. The Labute approximate surface area is 135 Å².